The number of nitrogens with zero attached hydrogens (tertiary/aromatic N) is 1. The van der Waals surface area contributed by atoms with Crippen LogP contribution in [0.2, 0.25) is 0 Å². The third kappa shape index (κ3) is 3.62. The molecule has 2 unspecified atom stereocenters. The average molecular weight is 279 g/mol. The number of hydrogen-bond donors (Lipinski definition) is 2. The lowest BCUT2D eigenvalue weighted by atomic mass is 9.94. The van der Waals surface area contributed by atoms with Crippen LogP contribution in [0.25, 0.3) is 0 Å². The molecule has 0 bridgehead atoms. The molecule has 2 rings (SSSR count). The van der Waals surface area contributed by atoms with Crippen LogP contribution in [-0.4, -0.2) is 28.4 Å². The summed E-state index contributed by atoms with van der Waals surface area (Å²) in [6.45, 7) is 1.85. The molecule has 1 aromatic rings. The van der Waals surface area contributed by atoms with Crippen LogP contribution < -0.4 is 11.1 Å². The molecule has 1 saturated carbocycles. The smallest absolute Gasteiger partial charge is 0.251 e. The number of carbonyl (C=O) groups excluding carboxylic acids is 1. The summed E-state index contributed by atoms with van der Waals surface area (Å²) in [6, 6.07) is 3.69. The molecule has 0 radical (unpaired) electrons. The van der Waals surface area contributed by atoms with Crippen LogP contribution in [-0.2, 0) is 0 Å². The van der Waals surface area contributed by atoms with Gasteiger partial charge in [0.1, 0.15) is 5.82 Å². The minimum Gasteiger partial charge on any atom is -0.384 e. The lowest BCUT2D eigenvalue weighted by Gasteiger charge is -2.31. The lowest BCUT2D eigenvalue weighted by Crippen LogP contribution is -2.43. The van der Waals surface area contributed by atoms with Gasteiger partial charge in [0.05, 0.1) is 0 Å². The van der Waals surface area contributed by atoms with Gasteiger partial charge in [-0.15, -0.1) is 0 Å². The lowest BCUT2D eigenvalue weighted by molar-refractivity contribution is 0.0929. The Bertz CT molecular complexity index is 444. The van der Waals surface area contributed by atoms with Crippen LogP contribution in [0.15, 0.2) is 12.1 Å². The number of aromatic nitrogens is 1. The largest absolute Gasteiger partial charge is 0.384 e. The maximum Gasteiger partial charge on any atom is 0.251 e. The van der Waals surface area contributed by atoms with Gasteiger partial charge in [-0.2, -0.15) is 11.8 Å². The van der Waals surface area contributed by atoms with Crippen LogP contribution >= 0.6 is 11.8 Å². The molecule has 0 aromatic carbocycles. The highest BCUT2D eigenvalue weighted by Gasteiger charge is 2.26. The van der Waals surface area contributed by atoms with Gasteiger partial charge in [0.25, 0.3) is 5.91 Å². The SMILES string of the molecule is CSC1CCCCC1NC(=O)c1cc(C)nc(N)c1. The first-order valence-electron chi connectivity index (χ1n) is 6.68. The number of nitrogen functional groups attached to an aromatic ring is 1. The van der Waals surface area contributed by atoms with E-state index in [0.29, 0.717) is 16.6 Å². The Balaban J connectivity index is 2.07. The Morgan fingerprint density at radius 2 is 2.16 bits per heavy atom. The van der Waals surface area contributed by atoms with Crippen LogP contribution in [0.4, 0.5) is 5.82 Å². The number of nitrogens with one attached hydrogen (secondary N) is 1. The predicted molar refractivity (Wildman–Crippen MR) is 80.4 cm³/mol. The van der Waals surface area contributed by atoms with Crippen molar-refractivity contribution >= 4 is 23.5 Å². The highest BCUT2D eigenvalue weighted by Crippen LogP contribution is 2.27. The monoisotopic (exact) mass is 279 g/mol. The maximum absolute atomic E-state index is 12.3. The molecule has 1 aliphatic carbocycles. The molecule has 3 N–H and O–H groups in total. The van der Waals surface area contributed by atoms with Crippen molar-refractivity contribution < 1.29 is 4.79 Å². The van der Waals surface area contributed by atoms with Gasteiger partial charge in [0, 0.05) is 22.5 Å². The highest BCUT2D eigenvalue weighted by atomic mass is 32.2. The second-order valence-electron chi connectivity index (χ2n) is 5.06. The molecule has 0 aliphatic heterocycles. The number of anilines is 1. The number of hydrogen-bond acceptors (Lipinski definition) is 4. The summed E-state index contributed by atoms with van der Waals surface area (Å²) in [5, 5.41) is 3.67. The minimum atomic E-state index is -0.0387. The Labute approximate surface area is 118 Å². The molecule has 5 heteroatoms. The normalized spacial score (nSPS) is 23.1. The summed E-state index contributed by atoms with van der Waals surface area (Å²) in [4.78, 5) is 16.4. The zero-order valence-electron chi connectivity index (χ0n) is 11.5. The van der Waals surface area contributed by atoms with E-state index in [1.54, 1.807) is 12.1 Å². The van der Waals surface area contributed by atoms with Crippen LogP contribution in [0, 0.1) is 6.92 Å². The fourth-order valence-corrected chi connectivity index (χ4v) is 3.56. The van der Waals surface area contributed by atoms with E-state index in [9.17, 15) is 4.79 Å². The first-order valence-corrected chi connectivity index (χ1v) is 7.97. The standard InChI is InChI=1S/C14H21N3OS/c1-9-7-10(8-13(15)16-9)14(18)17-11-5-3-4-6-12(11)19-2/h7-8,11-12H,3-6H2,1-2H3,(H2,15,16)(H,17,18). The van der Waals surface area contributed by atoms with E-state index in [0.717, 1.165) is 12.1 Å². The van der Waals surface area contributed by atoms with Crippen LogP contribution in [0.3, 0.4) is 0 Å². The summed E-state index contributed by atoms with van der Waals surface area (Å²) in [5.74, 6) is 0.360. The fraction of sp³-hybridized carbons (Fsp3) is 0.571. The van der Waals surface area contributed by atoms with E-state index >= 15 is 0 Å². The number of rotatable bonds is 3. The van der Waals surface area contributed by atoms with E-state index < -0.39 is 0 Å². The Hall–Kier alpha value is -1.23. The number of thioether (sulfide) groups is 1. The molecule has 19 heavy (non-hydrogen) atoms. The summed E-state index contributed by atoms with van der Waals surface area (Å²) < 4.78 is 0. The number of carbonyl (C=O) groups is 1. The predicted octanol–water partition coefficient (Wildman–Crippen LogP) is 2.38. The molecule has 2 atom stereocenters. The van der Waals surface area contributed by atoms with Gasteiger partial charge in [-0.05, 0) is 38.2 Å². The van der Waals surface area contributed by atoms with Crippen molar-refractivity contribution in [2.45, 2.75) is 43.9 Å². The van der Waals surface area contributed by atoms with E-state index in [1.165, 1.54) is 19.3 Å². The average Bonchev–Trinajstić information content (AvgIpc) is 2.38. The first kappa shape index (κ1) is 14.2. The molecule has 1 aromatic heterocycles. The summed E-state index contributed by atoms with van der Waals surface area (Å²) in [6.07, 6.45) is 6.82. The topological polar surface area (TPSA) is 68.0 Å². The Morgan fingerprint density at radius 3 is 2.84 bits per heavy atom. The third-order valence-electron chi connectivity index (χ3n) is 3.56. The molecule has 4 nitrogen and oxygen atoms in total. The summed E-state index contributed by atoms with van der Waals surface area (Å²) in [7, 11) is 0. The van der Waals surface area contributed by atoms with E-state index in [-0.39, 0.29) is 11.9 Å². The first-order chi connectivity index (χ1) is 9.10. The zero-order valence-corrected chi connectivity index (χ0v) is 12.3. The van der Waals surface area contributed by atoms with Crippen LogP contribution in [0.5, 0.6) is 0 Å². The number of aryl methyl sites for hydroxylation is 1. The van der Waals surface area contributed by atoms with Gasteiger partial charge >= 0.3 is 0 Å². The second kappa shape index (κ2) is 6.28. The molecule has 1 fully saturated rings. The molecule has 0 spiro atoms. The summed E-state index contributed by atoms with van der Waals surface area (Å²) >= 11 is 1.85. The molecule has 0 saturated heterocycles. The van der Waals surface area contributed by atoms with E-state index in [4.69, 9.17) is 5.73 Å². The molecular formula is C14H21N3OS. The quantitative estimate of drug-likeness (QED) is 0.891. The van der Waals surface area contributed by atoms with Crippen molar-refractivity contribution in [1.29, 1.82) is 0 Å². The van der Waals surface area contributed by atoms with Gasteiger partial charge in [-0.3, -0.25) is 4.79 Å². The molecule has 104 valence electrons. The van der Waals surface area contributed by atoms with Crippen molar-refractivity contribution in [3.8, 4) is 0 Å². The van der Waals surface area contributed by atoms with E-state index in [2.05, 4.69) is 16.6 Å². The second-order valence-corrected chi connectivity index (χ2v) is 6.14. The molecule has 1 aliphatic rings. The van der Waals surface area contributed by atoms with Crippen molar-refractivity contribution in [2.24, 2.45) is 0 Å². The third-order valence-corrected chi connectivity index (χ3v) is 4.73. The highest BCUT2D eigenvalue weighted by molar-refractivity contribution is 7.99. The molecule has 1 amide bonds. The Kier molecular flexibility index (Phi) is 4.69. The molecule has 1 heterocycles. The molecular weight excluding hydrogens is 258 g/mol. The summed E-state index contributed by atoms with van der Waals surface area (Å²) in [5.41, 5.74) is 7.07. The van der Waals surface area contributed by atoms with Gasteiger partial charge < -0.3 is 11.1 Å². The maximum atomic E-state index is 12.3. The number of pyridine rings is 1. The Morgan fingerprint density at radius 1 is 1.42 bits per heavy atom. The van der Waals surface area contributed by atoms with Crippen molar-refractivity contribution in [2.75, 3.05) is 12.0 Å². The number of amides is 1. The number of nitrogens with two attached hydrogens (primary N) is 1. The van der Waals surface area contributed by atoms with Crippen molar-refractivity contribution in [1.82, 2.24) is 10.3 Å². The van der Waals surface area contributed by atoms with E-state index in [1.807, 2.05) is 18.7 Å². The van der Waals surface area contributed by atoms with Gasteiger partial charge in [0.15, 0.2) is 0 Å². The van der Waals surface area contributed by atoms with Gasteiger partial charge in [0.2, 0.25) is 0 Å². The fourth-order valence-electron chi connectivity index (χ4n) is 2.62. The van der Waals surface area contributed by atoms with Gasteiger partial charge in [-0.25, -0.2) is 4.98 Å². The van der Waals surface area contributed by atoms with Crippen LogP contribution in [0.1, 0.15) is 41.7 Å². The van der Waals surface area contributed by atoms with Crippen molar-refractivity contribution in [3.63, 3.8) is 0 Å². The van der Waals surface area contributed by atoms with Gasteiger partial charge in [-0.1, -0.05) is 12.8 Å². The zero-order chi connectivity index (χ0) is 13.8. The van der Waals surface area contributed by atoms with Crippen molar-refractivity contribution in [3.05, 3.63) is 23.4 Å². The minimum absolute atomic E-state index is 0.0387.